The molecule has 0 spiro atoms. The topological polar surface area (TPSA) is 75.7 Å². The number of carbonyl (C=O) groups is 1. The van der Waals surface area contributed by atoms with Gasteiger partial charge in [0.2, 0.25) is 5.91 Å². The average molecular weight is 449 g/mol. The molecule has 0 bridgehead atoms. The second-order valence-corrected chi connectivity index (χ2v) is 8.47. The number of carbonyl (C=O) groups excluding carboxylic acids is 1. The van der Waals surface area contributed by atoms with Crippen molar-refractivity contribution < 1.29 is 22.3 Å². The maximum Gasteiger partial charge on any atom is 0.264 e. The van der Waals surface area contributed by atoms with Crippen LogP contribution in [0.1, 0.15) is 0 Å². The molecule has 0 aliphatic heterocycles. The number of ether oxygens (including phenoxy) is 1. The van der Waals surface area contributed by atoms with Gasteiger partial charge in [0.15, 0.2) is 0 Å². The van der Waals surface area contributed by atoms with Gasteiger partial charge in [0.05, 0.1) is 22.7 Å². The molecular weight excluding hydrogens is 431 g/mol. The van der Waals surface area contributed by atoms with Crippen LogP contribution >= 0.6 is 11.6 Å². The number of hydrogen-bond donors (Lipinski definition) is 1. The quantitative estimate of drug-likeness (QED) is 0.584. The number of halogens is 2. The Hall–Kier alpha value is -3.10. The first-order valence-corrected chi connectivity index (χ1v) is 10.6. The Bertz CT molecular complexity index is 1140. The fourth-order valence-corrected chi connectivity index (χ4v) is 4.29. The van der Waals surface area contributed by atoms with Gasteiger partial charge in [0.25, 0.3) is 10.0 Å². The van der Waals surface area contributed by atoms with Crippen LogP contribution in [0.15, 0.2) is 77.7 Å². The summed E-state index contributed by atoms with van der Waals surface area (Å²) < 4.78 is 45.9. The van der Waals surface area contributed by atoms with Crippen LogP contribution in [-0.2, 0) is 14.8 Å². The highest BCUT2D eigenvalue weighted by Crippen LogP contribution is 2.28. The van der Waals surface area contributed by atoms with E-state index in [0.29, 0.717) is 11.4 Å². The second-order valence-electron chi connectivity index (χ2n) is 6.20. The lowest BCUT2D eigenvalue weighted by Crippen LogP contribution is -2.38. The first-order valence-electron chi connectivity index (χ1n) is 8.78. The lowest BCUT2D eigenvalue weighted by molar-refractivity contribution is -0.114. The highest BCUT2D eigenvalue weighted by molar-refractivity contribution is 7.92. The van der Waals surface area contributed by atoms with Crippen LogP contribution in [0.3, 0.4) is 0 Å². The van der Waals surface area contributed by atoms with E-state index in [1.807, 2.05) is 0 Å². The van der Waals surface area contributed by atoms with E-state index in [4.69, 9.17) is 16.3 Å². The van der Waals surface area contributed by atoms with Crippen LogP contribution in [0.25, 0.3) is 0 Å². The molecule has 0 radical (unpaired) electrons. The van der Waals surface area contributed by atoms with Crippen LogP contribution in [0.2, 0.25) is 5.02 Å². The number of nitrogens with one attached hydrogen (secondary N) is 1. The van der Waals surface area contributed by atoms with Gasteiger partial charge in [-0.25, -0.2) is 12.8 Å². The number of nitrogens with zero attached hydrogens (tertiary/aromatic N) is 1. The van der Waals surface area contributed by atoms with Gasteiger partial charge in [-0.2, -0.15) is 0 Å². The van der Waals surface area contributed by atoms with Crippen molar-refractivity contribution in [1.82, 2.24) is 0 Å². The molecule has 3 aromatic rings. The molecule has 0 atom stereocenters. The van der Waals surface area contributed by atoms with Gasteiger partial charge < -0.3 is 10.1 Å². The van der Waals surface area contributed by atoms with E-state index in [1.54, 1.807) is 42.5 Å². The molecule has 30 heavy (non-hydrogen) atoms. The zero-order valence-corrected chi connectivity index (χ0v) is 17.5. The smallest absolute Gasteiger partial charge is 0.264 e. The first-order chi connectivity index (χ1) is 14.3. The first kappa shape index (κ1) is 21.6. The van der Waals surface area contributed by atoms with E-state index in [0.717, 1.165) is 16.4 Å². The molecule has 6 nitrogen and oxygen atoms in total. The van der Waals surface area contributed by atoms with Crippen molar-refractivity contribution in [1.29, 1.82) is 0 Å². The lowest BCUT2D eigenvalue weighted by atomic mass is 10.3. The summed E-state index contributed by atoms with van der Waals surface area (Å²) in [4.78, 5) is 12.6. The molecule has 0 saturated heterocycles. The largest absolute Gasteiger partial charge is 0.497 e. The molecule has 3 rings (SSSR count). The molecule has 9 heteroatoms. The Morgan fingerprint density at radius 2 is 1.73 bits per heavy atom. The van der Waals surface area contributed by atoms with E-state index in [1.165, 1.54) is 25.3 Å². The summed E-state index contributed by atoms with van der Waals surface area (Å²) in [6, 6.07) is 17.7. The zero-order valence-electron chi connectivity index (χ0n) is 15.9. The number of benzene rings is 3. The standard InChI is InChI=1S/C21H18ClFN2O4S/c1-29-17-10-7-15(8-11-17)24-21(26)14-25(16-9-12-20(23)19(22)13-16)30(27,28)18-5-3-2-4-6-18/h2-13H,14H2,1H3,(H,24,26). The Balaban J connectivity index is 1.92. The van der Waals surface area contributed by atoms with Crippen molar-refractivity contribution in [2.24, 2.45) is 0 Å². The monoisotopic (exact) mass is 448 g/mol. The fraction of sp³-hybridized carbons (Fsp3) is 0.0952. The van der Waals surface area contributed by atoms with Gasteiger partial charge in [-0.05, 0) is 54.6 Å². The molecule has 1 amide bonds. The van der Waals surface area contributed by atoms with Crippen LogP contribution in [0.5, 0.6) is 5.75 Å². The summed E-state index contributed by atoms with van der Waals surface area (Å²) in [6.07, 6.45) is 0. The van der Waals surface area contributed by atoms with Gasteiger partial charge in [-0.3, -0.25) is 9.10 Å². The summed E-state index contributed by atoms with van der Waals surface area (Å²) in [5, 5.41) is 2.38. The van der Waals surface area contributed by atoms with Crippen molar-refractivity contribution in [3.8, 4) is 5.75 Å². The fourth-order valence-electron chi connectivity index (χ4n) is 2.68. The minimum atomic E-state index is -4.11. The normalized spacial score (nSPS) is 11.0. The number of methoxy groups -OCH3 is 1. The number of sulfonamides is 1. The number of hydrogen-bond acceptors (Lipinski definition) is 4. The maximum atomic E-state index is 13.6. The molecule has 0 fully saturated rings. The van der Waals surface area contributed by atoms with Gasteiger partial charge >= 0.3 is 0 Å². The molecule has 156 valence electrons. The molecule has 0 aromatic heterocycles. The second kappa shape index (κ2) is 9.15. The summed E-state index contributed by atoms with van der Waals surface area (Å²) in [5.41, 5.74) is 0.533. The van der Waals surface area contributed by atoms with E-state index in [-0.39, 0.29) is 15.6 Å². The summed E-state index contributed by atoms with van der Waals surface area (Å²) in [5.74, 6) is -0.664. The third kappa shape index (κ3) is 4.90. The van der Waals surface area contributed by atoms with E-state index < -0.39 is 28.3 Å². The van der Waals surface area contributed by atoms with E-state index in [2.05, 4.69) is 5.32 Å². The molecule has 0 heterocycles. The van der Waals surface area contributed by atoms with Crippen molar-refractivity contribution in [2.75, 3.05) is 23.3 Å². The van der Waals surface area contributed by atoms with Crippen molar-refractivity contribution in [3.05, 3.63) is 83.6 Å². The third-order valence-corrected chi connectivity index (χ3v) is 6.26. The maximum absolute atomic E-state index is 13.6. The van der Waals surface area contributed by atoms with Crippen LogP contribution in [0, 0.1) is 5.82 Å². The molecule has 0 aliphatic carbocycles. The summed E-state index contributed by atoms with van der Waals surface area (Å²) >= 11 is 5.84. The Morgan fingerprint density at radius 3 is 2.33 bits per heavy atom. The molecule has 0 unspecified atom stereocenters. The van der Waals surface area contributed by atoms with E-state index in [9.17, 15) is 17.6 Å². The molecule has 1 N–H and O–H groups in total. The SMILES string of the molecule is COc1ccc(NC(=O)CN(c2ccc(F)c(Cl)c2)S(=O)(=O)c2ccccc2)cc1. The average Bonchev–Trinajstić information content (AvgIpc) is 2.75. The molecule has 0 aliphatic rings. The van der Waals surface area contributed by atoms with Gasteiger partial charge in [-0.1, -0.05) is 29.8 Å². The number of rotatable bonds is 7. The van der Waals surface area contributed by atoms with Crippen LogP contribution in [-0.4, -0.2) is 28.0 Å². The van der Waals surface area contributed by atoms with Gasteiger partial charge in [0, 0.05) is 5.69 Å². The highest BCUT2D eigenvalue weighted by Gasteiger charge is 2.27. The number of amides is 1. The zero-order chi connectivity index (χ0) is 21.7. The number of anilines is 2. The molecular formula is C21H18ClFN2O4S. The minimum absolute atomic E-state index is 0.0114. The van der Waals surface area contributed by atoms with Crippen molar-refractivity contribution in [3.63, 3.8) is 0 Å². The molecule has 0 saturated carbocycles. The predicted octanol–water partition coefficient (Wildman–Crippen LogP) is 4.32. The Kier molecular flexibility index (Phi) is 6.59. The van der Waals surface area contributed by atoms with Crippen LogP contribution in [0.4, 0.5) is 15.8 Å². The van der Waals surface area contributed by atoms with Gasteiger partial charge in [0.1, 0.15) is 18.1 Å². The van der Waals surface area contributed by atoms with Crippen molar-refractivity contribution >= 4 is 38.9 Å². The predicted molar refractivity (Wildman–Crippen MR) is 114 cm³/mol. The van der Waals surface area contributed by atoms with Crippen LogP contribution < -0.4 is 14.4 Å². The van der Waals surface area contributed by atoms with E-state index >= 15 is 0 Å². The van der Waals surface area contributed by atoms with Crippen molar-refractivity contribution in [2.45, 2.75) is 4.90 Å². The lowest BCUT2D eigenvalue weighted by Gasteiger charge is -2.24. The highest BCUT2D eigenvalue weighted by atomic mass is 35.5. The van der Waals surface area contributed by atoms with Gasteiger partial charge in [-0.15, -0.1) is 0 Å². The summed E-state index contributed by atoms with van der Waals surface area (Å²) in [7, 11) is -2.59. The summed E-state index contributed by atoms with van der Waals surface area (Å²) in [6.45, 7) is -0.536. The minimum Gasteiger partial charge on any atom is -0.497 e. The Labute approximate surface area is 178 Å². The third-order valence-electron chi connectivity index (χ3n) is 4.18. The molecule has 3 aromatic carbocycles. The Morgan fingerprint density at radius 1 is 1.07 bits per heavy atom.